The van der Waals surface area contributed by atoms with Crippen molar-refractivity contribution in [2.24, 2.45) is 0 Å². The van der Waals surface area contributed by atoms with Crippen molar-refractivity contribution in [3.8, 4) is 0 Å². The summed E-state index contributed by atoms with van der Waals surface area (Å²) < 4.78 is 5.09. The number of alkyl carbamates (subject to hydrolysis) is 1. The lowest BCUT2D eigenvalue weighted by Crippen LogP contribution is -2.32. The number of aromatic nitrogens is 1. The number of pyridine rings is 1. The van der Waals surface area contributed by atoms with Crippen LogP contribution in [0.5, 0.6) is 0 Å². The summed E-state index contributed by atoms with van der Waals surface area (Å²) in [5.74, 6) is 0.434. The number of nitrogen functional groups attached to an aromatic ring is 1. The third-order valence-electron chi connectivity index (χ3n) is 1.68. The summed E-state index contributed by atoms with van der Waals surface area (Å²) in [4.78, 5) is 15.2. The van der Waals surface area contributed by atoms with E-state index >= 15 is 0 Å². The number of carbonyl (C=O) groups excluding carboxylic acids is 1. The van der Waals surface area contributed by atoms with Crippen LogP contribution in [0, 0.1) is 0 Å². The minimum atomic E-state index is -0.485. The standard InChI is InChI=1S/C11H17N3O2.C2H6/c1-11(2,3)16-10(15)14-7-8-4-5-13-9(12)6-8;1-2/h4-6H,7H2,1-3H3,(H2,12,13)(H,14,15);1-2H3. The Morgan fingerprint density at radius 1 is 1.44 bits per heavy atom. The Hall–Kier alpha value is -1.78. The zero-order valence-corrected chi connectivity index (χ0v) is 11.8. The van der Waals surface area contributed by atoms with Gasteiger partial charge in [-0.15, -0.1) is 0 Å². The molecule has 5 nitrogen and oxygen atoms in total. The molecule has 102 valence electrons. The lowest BCUT2D eigenvalue weighted by Gasteiger charge is -2.19. The summed E-state index contributed by atoms with van der Waals surface area (Å²) in [5, 5.41) is 2.64. The predicted octanol–water partition coefficient (Wildman–Crippen LogP) is 2.71. The second-order valence-corrected chi connectivity index (χ2v) is 4.44. The van der Waals surface area contributed by atoms with E-state index in [1.165, 1.54) is 0 Å². The molecular weight excluding hydrogens is 230 g/mol. The summed E-state index contributed by atoms with van der Waals surface area (Å²) in [6, 6.07) is 3.49. The van der Waals surface area contributed by atoms with Crippen LogP contribution in [-0.4, -0.2) is 16.7 Å². The van der Waals surface area contributed by atoms with Crippen LogP contribution in [0.25, 0.3) is 0 Å². The van der Waals surface area contributed by atoms with Crippen LogP contribution in [0.4, 0.5) is 10.6 Å². The average molecular weight is 253 g/mol. The highest BCUT2D eigenvalue weighted by Gasteiger charge is 2.15. The van der Waals surface area contributed by atoms with Crippen LogP contribution >= 0.6 is 0 Å². The molecule has 0 fully saturated rings. The molecule has 1 aromatic heterocycles. The lowest BCUT2D eigenvalue weighted by atomic mass is 10.2. The van der Waals surface area contributed by atoms with Crippen LogP contribution in [0.3, 0.4) is 0 Å². The first-order valence-corrected chi connectivity index (χ1v) is 6.04. The molecule has 0 aliphatic heterocycles. The molecule has 0 aromatic carbocycles. The van der Waals surface area contributed by atoms with Gasteiger partial charge in [0.1, 0.15) is 11.4 Å². The molecule has 0 spiro atoms. The Labute approximate surface area is 109 Å². The van der Waals surface area contributed by atoms with E-state index in [1.807, 2.05) is 34.6 Å². The summed E-state index contributed by atoms with van der Waals surface area (Å²) in [7, 11) is 0. The highest BCUT2D eigenvalue weighted by molar-refractivity contribution is 5.67. The van der Waals surface area contributed by atoms with Gasteiger partial charge in [0.25, 0.3) is 0 Å². The molecule has 0 aliphatic carbocycles. The van der Waals surface area contributed by atoms with Gasteiger partial charge < -0.3 is 15.8 Å². The van der Waals surface area contributed by atoms with Gasteiger partial charge in [-0.25, -0.2) is 9.78 Å². The van der Waals surface area contributed by atoms with E-state index in [0.717, 1.165) is 5.56 Å². The van der Waals surface area contributed by atoms with Gasteiger partial charge in [0.2, 0.25) is 0 Å². The number of nitrogens with one attached hydrogen (secondary N) is 1. The van der Waals surface area contributed by atoms with Crippen molar-refractivity contribution in [3.05, 3.63) is 23.9 Å². The second-order valence-electron chi connectivity index (χ2n) is 4.44. The van der Waals surface area contributed by atoms with Crippen molar-refractivity contribution in [1.82, 2.24) is 10.3 Å². The summed E-state index contributed by atoms with van der Waals surface area (Å²) in [6.07, 6.45) is 1.16. The van der Waals surface area contributed by atoms with Gasteiger partial charge in [-0.05, 0) is 38.5 Å². The lowest BCUT2D eigenvalue weighted by molar-refractivity contribution is 0.0523. The third-order valence-corrected chi connectivity index (χ3v) is 1.68. The zero-order valence-electron chi connectivity index (χ0n) is 11.8. The Bertz CT molecular complexity index is 373. The van der Waals surface area contributed by atoms with Crippen LogP contribution in [0.2, 0.25) is 0 Å². The minimum Gasteiger partial charge on any atom is -0.444 e. The molecule has 0 unspecified atom stereocenters. The molecule has 0 saturated heterocycles. The van der Waals surface area contributed by atoms with Crippen molar-refractivity contribution < 1.29 is 9.53 Å². The second kappa shape index (κ2) is 7.53. The number of hydrogen-bond donors (Lipinski definition) is 2. The van der Waals surface area contributed by atoms with E-state index in [0.29, 0.717) is 12.4 Å². The molecule has 5 heteroatoms. The molecule has 0 aliphatic rings. The summed E-state index contributed by atoms with van der Waals surface area (Å²) in [5.41, 5.74) is 5.91. The SMILES string of the molecule is CC.CC(C)(C)OC(=O)NCc1ccnc(N)c1. The van der Waals surface area contributed by atoms with E-state index in [1.54, 1.807) is 18.3 Å². The molecule has 1 rings (SSSR count). The van der Waals surface area contributed by atoms with Crippen molar-refractivity contribution in [2.45, 2.75) is 46.8 Å². The largest absolute Gasteiger partial charge is 0.444 e. The van der Waals surface area contributed by atoms with E-state index in [4.69, 9.17) is 10.5 Å². The Morgan fingerprint density at radius 3 is 2.56 bits per heavy atom. The fourth-order valence-electron chi connectivity index (χ4n) is 1.09. The Morgan fingerprint density at radius 2 is 2.06 bits per heavy atom. The number of ether oxygens (including phenoxy) is 1. The minimum absolute atomic E-state index is 0.377. The smallest absolute Gasteiger partial charge is 0.407 e. The molecule has 18 heavy (non-hydrogen) atoms. The van der Waals surface area contributed by atoms with Gasteiger partial charge in [0.15, 0.2) is 0 Å². The highest BCUT2D eigenvalue weighted by Crippen LogP contribution is 2.07. The number of carbonyl (C=O) groups is 1. The topological polar surface area (TPSA) is 77.2 Å². The molecule has 0 atom stereocenters. The fourth-order valence-corrected chi connectivity index (χ4v) is 1.09. The van der Waals surface area contributed by atoms with Gasteiger partial charge in [-0.2, -0.15) is 0 Å². The number of hydrogen-bond acceptors (Lipinski definition) is 4. The van der Waals surface area contributed by atoms with Crippen molar-refractivity contribution in [2.75, 3.05) is 5.73 Å². The molecule has 0 bridgehead atoms. The van der Waals surface area contributed by atoms with Crippen molar-refractivity contribution in [3.63, 3.8) is 0 Å². The maximum atomic E-state index is 11.3. The number of nitrogens with two attached hydrogens (primary N) is 1. The summed E-state index contributed by atoms with van der Waals surface area (Å²) >= 11 is 0. The van der Waals surface area contributed by atoms with Gasteiger partial charge in [0, 0.05) is 12.7 Å². The predicted molar refractivity (Wildman–Crippen MR) is 73.1 cm³/mol. The maximum Gasteiger partial charge on any atom is 0.407 e. The normalized spacial score (nSPS) is 10.1. The van der Waals surface area contributed by atoms with Gasteiger partial charge in [-0.3, -0.25) is 0 Å². The molecule has 1 amide bonds. The molecule has 1 heterocycles. The first-order chi connectivity index (χ1) is 8.37. The fraction of sp³-hybridized carbons (Fsp3) is 0.538. The van der Waals surface area contributed by atoms with E-state index in [-0.39, 0.29) is 0 Å². The molecule has 0 radical (unpaired) electrons. The monoisotopic (exact) mass is 253 g/mol. The maximum absolute atomic E-state index is 11.3. The first-order valence-electron chi connectivity index (χ1n) is 6.04. The van der Waals surface area contributed by atoms with Gasteiger partial charge in [0.05, 0.1) is 0 Å². The average Bonchev–Trinajstić information content (AvgIpc) is 2.27. The van der Waals surface area contributed by atoms with Crippen LogP contribution in [0.1, 0.15) is 40.2 Å². The van der Waals surface area contributed by atoms with Crippen LogP contribution in [0.15, 0.2) is 18.3 Å². The zero-order chi connectivity index (χ0) is 14.2. The number of anilines is 1. The van der Waals surface area contributed by atoms with E-state index in [2.05, 4.69) is 10.3 Å². The molecule has 0 saturated carbocycles. The molecular formula is C13H23N3O2. The third kappa shape index (κ3) is 7.49. The quantitative estimate of drug-likeness (QED) is 0.849. The first kappa shape index (κ1) is 16.2. The van der Waals surface area contributed by atoms with E-state index in [9.17, 15) is 4.79 Å². The summed E-state index contributed by atoms with van der Waals surface area (Å²) in [6.45, 7) is 9.83. The van der Waals surface area contributed by atoms with Gasteiger partial charge in [-0.1, -0.05) is 13.8 Å². The molecule has 1 aromatic rings. The van der Waals surface area contributed by atoms with Crippen LogP contribution in [-0.2, 0) is 11.3 Å². The van der Waals surface area contributed by atoms with Crippen molar-refractivity contribution >= 4 is 11.9 Å². The number of amides is 1. The number of nitrogens with zero attached hydrogens (tertiary/aromatic N) is 1. The Balaban J connectivity index is 0.00000137. The molecule has 3 N–H and O–H groups in total. The Kier molecular flexibility index (Phi) is 6.78. The van der Waals surface area contributed by atoms with E-state index < -0.39 is 11.7 Å². The van der Waals surface area contributed by atoms with Gasteiger partial charge >= 0.3 is 6.09 Å². The van der Waals surface area contributed by atoms with Crippen molar-refractivity contribution in [1.29, 1.82) is 0 Å². The van der Waals surface area contributed by atoms with Crippen LogP contribution < -0.4 is 11.1 Å². The highest BCUT2D eigenvalue weighted by atomic mass is 16.6. The number of rotatable bonds is 2.